The number of carbonyl (C=O) groups excluding carboxylic acids is 2. The van der Waals surface area contributed by atoms with Crippen LogP contribution < -0.4 is 11.1 Å². The molecule has 0 radical (unpaired) electrons. The number of rotatable bonds is 7. The van der Waals surface area contributed by atoms with Crippen LogP contribution >= 0.6 is 11.6 Å². The number of hydrogen-bond donors (Lipinski definition) is 3. The van der Waals surface area contributed by atoms with Gasteiger partial charge >= 0.3 is 0 Å². The highest BCUT2D eigenvalue weighted by molar-refractivity contribution is 6.31. The van der Waals surface area contributed by atoms with E-state index in [0.29, 0.717) is 29.1 Å². The fraction of sp³-hybridized carbons (Fsp3) is 0.250. The second kappa shape index (κ2) is 9.87. The third-order valence-electron chi connectivity index (χ3n) is 5.01. The zero-order valence-corrected chi connectivity index (χ0v) is 19.4. The van der Waals surface area contributed by atoms with Gasteiger partial charge in [0.2, 0.25) is 0 Å². The molecule has 4 N–H and O–H groups in total. The van der Waals surface area contributed by atoms with Gasteiger partial charge in [-0.3, -0.25) is 14.3 Å². The van der Waals surface area contributed by atoms with Crippen molar-refractivity contribution in [3.05, 3.63) is 87.7 Å². The Morgan fingerprint density at radius 3 is 2.45 bits per heavy atom. The average Bonchev–Trinajstić information content (AvgIpc) is 3.24. The maximum atomic E-state index is 13.2. The van der Waals surface area contributed by atoms with Gasteiger partial charge in [0.05, 0.1) is 17.3 Å². The topological polar surface area (TPSA) is 123 Å². The van der Waals surface area contributed by atoms with Crippen LogP contribution in [0.25, 0.3) is 0 Å². The van der Waals surface area contributed by atoms with Crippen LogP contribution in [0.5, 0.6) is 0 Å². The molecule has 172 valence electrons. The standard InChI is InChI=1S/C24H26ClN5O3/c1-24(2,3)30-20(19(14-28-30)21(31)17-5-4-6-18(25)13-17)23(32)27-12-11-15-7-9-16(10-8-15)22(26)29-33/h4-10,13-14,33H,11-12H2,1-3H3,(H2,26,29)(H,27,32). The van der Waals surface area contributed by atoms with Crippen molar-refractivity contribution in [2.75, 3.05) is 6.54 Å². The van der Waals surface area contributed by atoms with E-state index < -0.39 is 5.54 Å². The van der Waals surface area contributed by atoms with Crippen molar-refractivity contribution >= 4 is 29.1 Å². The molecule has 0 fully saturated rings. The summed E-state index contributed by atoms with van der Waals surface area (Å²) in [6, 6.07) is 13.8. The zero-order valence-electron chi connectivity index (χ0n) is 18.7. The number of benzene rings is 2. The number of oxime groups is 1. The molecule has 0 saturated heterocycles. The summed E-state index contributed by atoms with van der Waals surface area (Å²) in [5.74, 6) is -0.680. The molecule has 0 atom stereocenters. The lowest BCUT2D eigenvalue weighted by molar-refractivity contribution is 0.0925. The maximum Gasteiger partial charge on any atom is 0.270 e. The van der Waals surface area contributed by atoms with E-state index in [-0.39, 0.29) is 28.8 Å². The number of nitrogens with one attached hydrogen (secondary N) is 1. The van der Waals surface area contributed by atoms with Crippen LogP contribution in [0.15, 0.2) is 59.9 Å². The van der Waals surface area contributed by atoms with Crippen molar-refractivity contribution in [2.45, 2.75) is 32.7 Å². The van der Waals surface area contributed by atoms with E-state index in [0.717, 1.165) is 5.56 Å². The van der Waals surface area contributed by atoms with Crippen LogP contribution in [0.1, 0.15) is 58.3 Å². The van der Waals surface area contributed by atoms with Crippen molar-refractivity contribution in [1.82, 2.24) is 15.1 Å². The van der Waals surface area contributed by atoms with E-state index in [1.165, 1.54) is 6.20 Å². The van der Waals surface area contributed by atoms with Crippen molar-refractivity contribution in [3.63, 3.8) is 0 Å². The summed E-state index contributed by atoms with van der Waals surface area (Å²) in [4.78, 5) is 26.3. The van der Waals surface area contributed by atoms with Crippen LogP contribution in [0, 0.1) is 0 Å². The maximum absolute atomic E-state index is 13.2. The Morgan fingerprint density at radius 1 is 1.15 bits per heavy atom. The first-order valence-corrected chi connectivity index (χ1v) is 10.7. The van der Waals surface area contributed by atoms with Crippen LogP contribution in [-0.4, -0.2) is 39.1 Å². The highest BCUT2D eigenvalue weighted by atomic mass is 35.5. The Morgan fingerprint density at radius 2 is 1.85 bits per heavy atom. The predicted molar refractivity (Wildman–Crippen MR) is 127 cm³/mol. The molecule has 1 aromatic heterocycles. The summed E-state index contributed by atoms with van der Waals surface area (Å²) in [5.41, 5.74) is 7.43. The number of ketones is 1. The van der Waals surface area contributed by atoms with Crippen molar-refractivity contribution in [3.8, 4) is 0 Å². The Labute approximate surface area is 197 Å². The van der Waals surface area contributed by atoms with Gasteiger partial charge in [-0.05, 0) is 44.9 Å². The van der Waals surface area contributed by atoms with E-state index in [4.69, 9.17) is 22.5 Å². The van der Waals surface area contributed by atoms with E-state index in [1.807, 2.05) is 32.9 Å². The largest absolute Gasteiger partial charge is 0.409 e. The molecule has 2 aromatic carbocycles. The number of amides is 1. The van der Waals surface area contributed by atoms with E-state index >= 15 is 0 Å². The summed E-state index contributed by atoms with van der Waals surface area (Å²) in [5, 5.41) is 19.4. The predicted octanol–water partition coefficient (Wildman–Crippen LogP) is 3.59. The van der Waals surface area contributed by atoms with Crippen LogP contribution in [-0.2, 0) is 12.0 Å². The van der Waals surface area contributed by atoms with Gasteiger partial charge in [0.1, 0.15) is 5.69 Å². The average molecular weight is 468 g/mol. The third kappa shape index (κ3) is 5.59. The van der Waals surface area contributed by atoms with E-state index in [9.17, 15) is 9.59 Å². The van der Waals surface area contributed by atoms with Crippen LogP contribution in [0.2, 0.25) is 5.02 Å². The number of amidine groups is 1. The quantitative estimate of drug-likeness (QED) is 0.161. The Bertz CT molecular complexity index is 1190. The summed E-state index contributed by atoms with van der Waals surface area (Å²) in [7, 11) is 0. The number of carbonyl (C=O) groups is 2. The monoisotopic (exact) mass is 467 g/mol. The molecule has 0 bridgehead atoms. The molecule has 0 saturated carbocycles. The fourth-order valence-electron chi connectivity index (χ4n) is 3.33. The fourth-order valence-corrected chi connectivity index (χ4v) is 3.52. The van der Waals surface area contributed by atoms with Crippen LogP contribution in [0.3, 0.4) is 0 Å². The molecule has 3 aromatic rings. The lowest BCUT2D eigenvalue weighted by Crippen LogP contribution is -2.34. The minimum absolute atomic E-state index is 0.0298. The SMILES string of the molecule is CC(C)(C)n1ncc(C(=O)c2cccc(Cl)c2)c1C(=O)NCCc1ccc(C(N)=NO)cc1. The molecule has 33 heavy (non-hydrogen) atoms. The number of aromatic nitrogens is 2. The smallest absolute Gasteiger partial charge is 0.270 e. The summed E-state index contributed by atoms with van der Waals surface area (Å²) in [6.07, 6.45) is 1.98. The molecule has 0 aliphatic heterocycles. The first kappa shape index (κ1) is 24.0. The number of nitrogens with two attached hydrogens (primary N) is 1. The molecule has 1 amide bonds. The molecule has 8 nitrogen and oxygen atoms in total. The second-order valence-electron chi connectivity index (χ2n) is 8.52. The van der Waals surface area contributed by atoms with Gasteiger partial charge in [0.25, 0.3) is 5.91 Å². The third-order valence-corrected chi connectivity index (χ3v) is 5.24. The normalized spacial score (nSPS) is 11.9. The molecular formula is C24H26ClN5O3. The number of halogens is 1. The molecule has 0 aliphatic rings. The lowest BCUT2D eigenvalue weighted by Gasteiger charge is -2.22. The second-order valence-corrected chi connectivity index (χ2v) is 8.95. The highest BCUT2D eigenvalue weighted by Gasteiger charge is 2.29. The van der Waals surface area contributed by atoms with Crippen molar-refractivity contribution < 1.29 is 14.8 Å². The Balaban J connectivity index is 1.80. The molecule has 0 aliphatic carbocycles. The molecule has 3 rings (SSSR count). The molecular weight excluding hydrogens is 442 g/mol. The van der Waals surface area contributed by atoms with Gasteiger partial charge in [-0.1, -0.05) is 53.2 Å². The lowest BCUT2D eigenvalue weighted by atomic mass is 10.0. The van der Waals surface area contributed by atoms with Crippen molar-refractivity contribution in [1.29, 1.82) is 0 Å². The van der Waals surface area contributed by atoms with E-state index in [2.05, 4.69) is 15.6 Å². The first-order chi connectivity index (χ1) is 15.6. The number of nitrogens with zero attached hydrogens (tertiary/aromatic N) is 3. The minimum atomic E-state index is -0.510. The number of hydrogen-bond acceptors (Lipinski definition) is 5. The Kier molecular flexibility index (Phi) is 7.18. The van der Waals surface area contributed by atoms with Gasteiger partial charge in [0, 0.05) is 22.7 Å². The summed E-state index contributed by atoms with van der Waals surface area (Å²) in [6.45, 7) is 6.08. The highest BCUT2D eigenvalue weighted by Crippen LogP contribution is 2.23. The van der Waals surface area contributed by atoms with E-state index in [1.54, 1.807) is 41.1 Å². The van der Waals surface area contributed by atoms with Gasteiger partial charge in [-0.25, -0.2) is 0 Å². The van der Waals surface area contributed by atoms with Gasteiger partial charge in [0.15, 0.2) is 11.6 Å². The summed E-state index contributed by atoms with van der Waals surface area (Å²) >= 11 is 6.04. The Hall–Kier alpha value is -3.65. The molecule has 0 spiro atoms. The van der Waals surface area contributed by atoms with Gasteiger partial charge in [-0.2, -0.15) is 5.10 Å². The van der Waals surface area contributed by atoms with Gasteiger partial charge in [-0.15, -0.1) is 0 Å². The molecule has 0 unspecified atom stereocenters. The van der Waals surface area contributed by atoms with Crippen LogP contribution in [0.4, 0.5) is 0 Å². The molecule has 1 heterocycles. The van der Waals surface area contributed by atoms with Crippen molar-refractivity contribution in [2.24, 2.45) is 10.9 Å². The molecule has 9 heteroatoms. The van der Waals surface area contributed by atoms with Gasteiger partial charge < -0.3 is 16.3 Å². The summed E-state index contributed by atoms with van der Waals surface area (Å²) < 4.78 is 1.56. The minimum Gasteiger partial charge on any atom is -0.409 e. The first-order valence-electron chi connectivity index (χ1n) is 10.4. The zero-order chi connectivity index (χ0) is 24.2.